The van der Waals surface area contributed by atoms with Crippen molar-refractivity contribution in [3.05, 3.63) is 21.7 Å². The number of hydrogen-bond acceptors (Lipinski definition) is 3. The normalized spacial score (nSPS) is 21.5. The lowest BCUT2D eigenvalue weighted by Crippen LogP contribution is -2.25. The summed E-state index contributed by atoms with van der Waals surface area (Å²) in [5.74, 6) is 2.27. The van der Waals surface area contributed by atoms with Crippen molar-refractivity contribution in [3.8, 4) is 11.5 Å². The third kappa shape index (κ3) is 2.68. The molecule has 0 radical (unpaired) electrons. The van der Waals surface area contributed by atoms with E-state index < -0.39 is 0 Å². The van der Waals surface area contributed by atoms with E-state index >= 15 is 0 Å². The van der Waals surface area contributed by atoms with Gasteiger partial charge >= 0.3 is 0 Å². The Labute approximate surface area is 129 Å². The van der Waals surface area contributed by atoms with E-state index in [0.29, 0.717) is 25.2 Å². The first kappa shape index (κ1) is 14.2. The van der Waals surface area contributed by atoms with Gasteiger partial charge in [0, 0.05) is 16.1 Å². The van der Waals surface area contributed by atoms with Crippen molar-refractivity contribution in [2.24, 2.45) is 0 Å². The van der Waals surface area contributed by atoms with E-state index in [-0.39, 0.29) is 0 Å². The van der Waals surface area contributed by atoms with Gasteiger partial charge in [-0.3, -0.25) is 0 Å². The van der Waals surface area contributed by atoms with E-state index in [9.17, 15) is 0 Å². The Morgan fingerprint density at radius 1 is 1.35 bits per heavy atom. The number of hydrogen-bond donors (Lipinski definition) is 1. The maximum atomic E-state index is 5.91. The molecule has 0 saturated carbocycles. The number of benzene rings is 1. The van der Waals surface area contributed by atoms with Crippen LogP contribution in [0.25, 0.3) is 0 Å². The summed E-state index contributed by atoms with van der Waals surface area (Å²) < 4.78 is 12.8. The summed E-state index contributed by atoms with van der Waals surface area (Å²) in [6, 6.07) is 2.66. The molecule has 0 amide bonds. The van der Waals surface area contributed by atoms with Crippen molar-refractivity contribution in [2.75, 3.05) is 19.8 Å². The highest BCUT2D eigenvalue weighted by Gasteiger charge is 2.26. The highest BCUT2D eigenvalue weighted by molar-refractivity contribution is 9.10. The average Bonchev–Trinajstić information content (AvgIpc) is 2.92. The van der Waals surface area contributed by atoms with Gasteiger partial charge in [0.05, 0.1) is 0 Å². The standard InChI is InChI=1S/C16H22BrNO2/c1-10(2)15-12(8-11-4-3-5-18-11)13(17)9-14-16(15)20-7-6-19-14/h9-11,18H,3-8H2,1-2H3. The van der Waals surface area contributed by atoms with Crippen molar-refractivity contribution < 1.29 is 9.47 Å². The molecule has 20 heavy (non-hydrogen) atoms. The van der Waals surface area contributed by atoms with Crippen molar-refractivity contribution in [1.29, 1.82) is 0 Å². The fourth-order valence-corrected chi connectivity index (χ4v) is 3.80. The molecule has 1 aromatic carbocycles. The Balaban J connectivity index is 2.02. The number of fused-ring (bicyclic) bond motifs is 1. The van der Waals surface area contributed by atoms with Gasteiger partial charge < -0.3 is 14.8 Å². The molecule has 1 aromatic rings. The molecule has 3 nitrogen and oxygen atoms in total. The molecule has 2 heterocycles. The summed E-state index contributed by atoms with van der Waals surface area (Å²) in [6.07, 6.45) is 3.60. The van der Waals surface area contributed by atoms with Gasteiger partial charge in [0.2, 0.25) is 0 Å². The first-order valence-electron chi connectivity index (χ1n) is 7.51. The lowest BCUT2D eigenvalue weighted by molar-refractivity contribution is 0.169. The van der Waals surface area contributed by atoms with E-state index in [1.165, 1.54) is 24.0 Å². The van der Waals surface area contributed by atoms with Gasteiger partial charge in [-0.15, -0.1) is 0 Å². The maximum Gasteiger partial charge on any atom is 0.165 e. The Hall–Kier alpha value is -0.740. The third-order valence-electron chi connectivity index (χ3n) is 4.12. The van der Waals surface area contributed by atoms with E-state index in [2.05, 4.69) is 41.2 Å². The van der Waals surface area contributed by atoms with Crippen LogP contribution in [0.4, 0.5) is 0 Å². The predicted octanol–water partition coefficient (Wildman–Crippen LogP) is 3.64. The van der Waals surface area contributed by atoms with Gasteiger partial charge in [0.25, 0.3) is 0 Å². The molecule has 1 unspecified atom stereocenters. The summed E-state index contributed by atoms with van der Waals surface area (Å²) >= 11 is 3.74. The van der Waals surface area contributed by atoms with Crippen LogP contribution in [0.1, 0.15) is 43.7 Å². The Morgan fingerprint density at radius 2 is 2.15 bits per heavy atom. The Bertz CT molecular complexity index is 496. The van der Waals surface area contributed by atoms with Gasteiger partial charge in [-0.1, -0.05) is 29.8 Å². The second-order valence-electron chi connectivity index (χ2n) is 5.93. The first-order chi connectivity index (χ1) is 9.66. The van der Waals surface area contributed by atoms with Crippen LogP contribution in [0, 0.1) is 0 Å². The quantitative estimate of drug-likeness (QED) is 0.911. The molecule has 3 rings (SSSR count). The summed E-state index contributed by atoms with van der Waals surface area (Å²) in [5.41, 5.74) is 2.69. The van der Waals surface area contributed by atoms with Crippen LogP contribution in [0.5, 0.6) is 11.5 Å². The molecule has 1 atom stereocenters. The largest absolute Gasteiger partial charge is 0.486 e. The highest BCUT2D eigenvalue weighted by Crippen LogP contribution is 2.44. The van der Waals surface area contributed by atoms with Crippen LogP contribution < -0.4 is 14.8 Å². The number of halogens is 1. The molecule has 1 fully saturated rings. The van der Waals surface area contributed by atoms with Crippen LogP contribution in [-0.4, -0.2) is 25.8 Å². The minimum Gasteiger partial charge on any atom is -0.486 e. The summed E-state index contributed by atoms with van der Waals surface area (Å²) in [4.78, 5) is 0. The molecule has 2 aliphatic heterocycles. The monoisotopic (exact) mass is 339 g/mol. The van der Waals surface area contributed by atoms with Gasteiger partial charge in [-0.25, -0.2) is 0 Å². The molecule has 2 aliphatic rings. The molecular weight excluding hydrogens is 318 g/mol. The number of rotatable bonds is 3. The second-order valence-corrected chi connectivity index (χ2v) is 6.78. The zero-order valence-corrected chi connectivity index (χ0v) is 13.8. The van der Waals surface area contributed by atoms with Crippen molar-refractivity contribution in [1.82, 2.24) is 5.32 Å². The Kier molecular flexibility index (Phi) is 4.22. The van der Waals surface area contributed by atoms with Crippen molar-refractivity contribution >= 4 is 15.9 Å². The summed E-state index contributed by atoms with van der Waals surface area (Å²) in [7, 11) is 0. The van der Waals surface area contributed by atoms with E-state index in [0.717, 1.165) is 28.9 Å². The smallest absolute Gasteiger partial charge is 0.165 e. The van der Waals surface area contributed by atoms with E-state index in [1.54, 1.807) is 0 Å². The maximum absolute atomic E-state index is 5.91. The molecule has 4 heteroatoms. The number of ether oxygens (including phenoxy) is 2. The van der Waals surface area contributed by atoms with E-state index in [4.69, 9.17) is 9.47 Å². The topological polar surface area (TPSA) is 30.5 Å². The molecule has 110 valence electrons. The molecule has 0 aliphatic carbocycles. The second kappa shape index (κ2) is 5.94. The third-order valence-corrected chi connectivity index (χ3v) is 4.82. The molecule has 1 N–H and O–H groups in total. The summed E-state index contributed by atoms with van der Waals surface area (Å²) in [5, 5.41) is 3.59. The van der Waals surface area contributed by atoms with Gasteiger partial charge in [0.15, 0.2) is 11.5 Å². The predicted molar refractivity (Wildman–Crippen MR) is 83.9 cm³/mol. The minimum atomic E-state index is 0.430. The van der Waals surface area contributed by atoms with Crippen LogP contribution in [0.15, 0.2) is 10.5 Å². The van der Waals surface area contributed by atoms with Crippen LogP contribution >= 0.6 is 15.9 Å². The highest BCUT2D eigenvalue weighted by atomic mass is 79.9. The lowest BCUT2D eigenvalue weighted by atomic mass is 9.91. The van der Waals surface area contributed by atoms with Crippen LogP contribution in [0.2, 0.25) is 0 Å². The van der Waals surface area contributed by atoms with Crippen LogP contribution in [0.3, 0.4) is 0 Å². The van der Waals surface area contributed by atoms with Crippen molar-refractivity contribution in [2.45, 2.75) is 45.1 Å². The average molecular weight is 340 g/mol. The SMILES string of the molecule is CC(C)c1c(CC2CCCN2)c(Br)cc2c1OCCO2. The summed E-state index contributed by atoms with van der Waals surface area (Å²) in [6.45, 7) is 6.89. The van der Waals surface area contributed by atoms with E-state index in [1.807, 2.05) is 0 Å². The minimum absolute atomic E-state index is 0.430. The first-order valence-corrected chi connectivity index (χ1v) is 8.30. The van der Waals surface area contributed by atoms with Crippen LogP contribution in [-0.2, 0) is 6.42 Å². The van der Waals surface area contributed by atoms with Crippen molar-refractivity contribution in [3.63, 3.8) is 0 Å². The van der Waals surface area contributed by atoms with Gasteiger partial charge in [0.1, 0.15) is 13.2 Å². The molecule has 1 saturated heterocycles. The molecular formula is C16H22BrNO2. The molecule has 0 spiro atoms. The Morgan fingerprint density at radius 3 is 2.85 bits per heavy atom. The van der Waals surface area contributed by atoms with Gasteiger partial charge in [-0.2, -0.15) is 0 Å². The molecule has 0 aromatic heterocycles. The zero-order chi connectivity index (χ0) is 14.1. The molecule has 0 bridgehead atoms. The zero-order valence-electron chi connectivity index (χ0n) is 12.2. The lowest BCUT2D eigenvalue weighted by Gasteiger charge is -2.27. The fourth-order valence-electron chi connectivity index (χ4n) is 3.21. The van der Waals surface area contributed by atoms with Gasteiger partial charge in [-0.05, 0) is 43.4 Å². The number of nitrogens with one attached hydrogen (secondary N) is 1. The fraction of sp³-hybridized carbons (Fsp3) is 0.625.